The Morgan fingerprint density at radius 2 is 1.85 bits per heavy atom. The number of aromatic nitrogens is 2. The van der Waals surface area contributed by atoms with Gasteiger partial charge >= 0.3 is 6.03 Å². The molecule has 0 unspecified atom stereocenters. The lowest BCUT2D eigenvalue weighted by atomic mass is 10.0. The molecule has 9 nitrogen and oxygen atoms in total. The maximum Gasteiger partial charge on any atom is 0.315 e. The third-order valence-corrected chi connectivity index (χ3v) is 7.67. The predicted molar refractivity (Wildman–Crippen MR) is 123 cm³/mol. The maximum atomic E-state index is 13.9. The van der Waals surface area contributed by atoms with Gasteiger partial charge < -0.3 is 16.0 Å². The Morgan fingerprint density at radius 3 is 2.59 bits per heavy atom. The highest BCUT2D eigenvalue weighted by Gasteiger charge is 2.31. The van der Waals surface area contributed by atoms with E-state index in [0.717, 1.165) is 5.56 Å². The van der Waals surface area contributed by atoms with Crippen molar-refractivity contribution in [3.63, 3.8) is 0 Å². The average Bonchev–Trinajstić information content (AvgIpc) is 3.30. The minimum Gasteiger partial charge on any atom is -0.351 e. The number of nitrogens with two attached hydrogens (primary N) is 1. The molecule has 3 aromatic rings. The molecule has 5 rings (SSSR count). The van der Waals surface area contributed by atoms with Gasteiger partial charge in [0.1, 0.15) is 11.5 Å². The van der Waals surface area contributed by atoms with Gasteiger partial charge in [0.25, 0.3) is 5.91 Å². The van der Waals surface area contributed by atoms with Crippen molar-refractivity contribution < 1.29 is 22.4 Å². The summed E-state index contributed by atoms with van der Waals surface area (Å²) >= 11 is 0. The van der Waals surface area contributed by atoms with Gasteiger partial charge in [0.05, 0.1) is 35.9 Å². The monoisotopic (exact) mass is 483 g/mol. The van der Waals surface area contributed by atoms with E-state index in [1.165, 1.54) is 11.0 Å². The number of benzene rings is 2. The van der Waals surface area contributed by atoms with Gasteiger partial charge in [0.2, 0.25) is 0 Å². The Hall–Kier alpha value is -3.73. The third kappa shape index (κ3) is 3.92. The Kier molecular flexibility index (Phi) is 5.16. The Labute approximate surface area is 195 Å². The first-order chi connectivity index (χ1) is 16.1. The highest BCUT2D eigenvalue weighted by Crippen LogP contribution is 2.32. The second-order valence-corrected chi connectivity index (χ2v) is 10.7. The lowest BCUT2D eigenvalue weighted by Gasteiger charge is -2.26. The van der Waals surface area contributed by atoms with E-state index in [-0.39, 0.29) is 29.4 Å². The van der Waals surface area contributed by atoms with E-state index in [1.807, 2.05) is 0 Å². The summed E-state index contributed by atoms with van der Waals surface area (Å²) in [4.78, 5) is 26.7. The summed E-state index contributed by atoms with van der Waals surface area (Å²) < 4.78 is 39.4. The quantitative estimate of drug-likeness (QED) is 0.592. The normalized spacial score (nSPS) is 16.1. The lowest BCUT2D eigenvalue weighted by molar-refractivity contribution is 0.102. The first-order valence-corrected chi connectivity index (χ1v) is 12.5. The standard InChI is InChI=1S/C23H22FN5O4S/c1-13-8-14(3-5-18(13)24)21-20(19-10-28(23(25)31)6-7-29(19)27-21)22(30)26-17-4-2-15-11-34(32,33)12-16(15)9-17/h2-5,8-9H,6-7,10-12H2,1H3,(H2,25,31)(H,26,30). The molecule has 176 valence electrons. The van der Waals surface area contributed by atoms with E-state index in [4.69, 9.17) is 5.73 Å². The fourth-order valence-corrected chi connectivity index (χ4v) is 6.04. The second kappa shape index (κ2) is 7.94. The van der Waals surface area contributed by atoms with Gasteiger partial charge in [-0.15, -0.1) is 0 Å². The van der Waals surface area contributed by atoms with Crippen molar-refractivity contribution in [1.29, 1.82) is 0 Å². The van der Waals surface area contributed by atoms with Crippen LogP contribution in [0.2, 0.25) is 0 Å². The zero-order chi connectivity index (χ0) is 24.2. The number of rotatable bonds is 3. The number of amides is 3. The molecule has 0 radical (unpaired) electrons. The topological polar surface area (TPSA) is 127 Å². The Morgan fingerprint density at radius 1 is 1.09 bits per heavy atom. The molecule has 3 heterocycles. The number of carbonyl (C=O) groups excluding carboxylic acids is 2. The summed E-state index contributed by atoms with van der Waals surface area (Å²) in [7, 11) is -3.18. The molecule has 0 atom stereocenters. The number of hydrogen-bond acceptors (Lipinski definition) is 5. The summed E-state index contributed by atoms with van der Waals surface area (Å²) in [5.41, 5.74) is 9.41. The second-order valence-electron chi connectivity index (χ2n) is 8.59. The number of halogens is 1. The number of carbonyl (C=O) groups is 2. The van der Waals surface area contributed by atoms with Crippen LogP contribution in [0.15, 0.2) is 36.4 Å². The van der Waals surface area contributed by atoms with E-state index < -0.39 is 21.8 Å². The largest absolute Gasteiger partial charge is 0.351 e. The van der Waals surface area contributed by atoms with Crippen molar-refractivity contribution in [3.8, 4) is 11.3 Å². The molecule has 1 aromatic heterocycles. The fourth-order valence-electron chi connectivity index (χ4n) is 4.44. The minimum atomic E-state index is -3.18. The van der Waals surface area contributed by atoms with Gasteiger partial charge in [-0.3, -0.25) is 9.48 Å². The van der Waals surface area contributed by atoms with Crippen LogP contribution in [0.5, 0.6) is 0 Å². The van der Waals surface area contributed by atoms with Gasteiger partial charge in [-0.25, -0.2) is 17.6 Å². The van der Waals surface area contributed by atoms with Crippen LogP contribution >= 0.6 is 0 Å². The first kappa shape index (κ1) is 22.1. The van der Waals surface area contributed by atoms with Crippen molar-refractivity contribution in [2.75, 3.05) is 11.9 Å². The highest BCUT2D eigenvalue weighted by molar-refractivity contribution is 7.90. The molecule has 0 saturated carbocycles. The summed E-state index contributed by atoms with van der Waals surface area (Å²) in [6, 6.07) is 8.91. The molecule has 2 aliphatic rings. The van der Waals surface area contributed by atoms with Gasteiger partial charge in [0.15, 0.2) is 9.84 Å². The van der Waals surface area contributed by atoms with Crippen molar-refractivity contribution in [2.24, 2.45) is 5.73 Å². The molecule has 34 heavy (non-hydrogen) atoms. The first-order valence-electron chi connectivity index (χ1n) is 10.7. The summed E-state index contributed by atoms with van der Waals surface area (Å²) in [6.45, 7) is 2.44. The molecule has 0 spiro atoms. The number of primary amides is 1. The molecule has 3 N–H and O–H groups in total. The molecule has 0 aliphatic carbocycles. The van der Waals surface area contributed by atoms with Crippen LogP contribution < -0.4 is 11.1 Å². The zero-order valence-corrected chi connectivity index (χ0v) is 19.2. The molecule has 0 fully saturated rings. The number of nitrogens with zero attached hydrogens (tertiary/aromatic N) is 3. The smallest absolute Gasteiger partial charge is 0.315 e. The van der Waals surface area contributed by atoms with Crippen LogP contribution in [0.4, 0.5) is 14.9 Å². The molecule has 11 heteroatoms. The Bertz CT molecular complexity index is 1460. The van der Waals surface area contributed by atoms with Gasteiger partial charge in [-0.1, -0.05) is 6.07 Å². The van der Waals surface area contributed by atoms with Crippen LogP contribution in [-0.2, 0) is 34.4 Å². The van der Waals surface area contributed by atoms with Gasteiger partial charge in [0, 0.05) is 17.8 Å². The Balaban J connectivity index is 1.55. The van der Waals surface area contributed by atoms with Crippen molar-refractivity contribution in [3.05, 3.63) is 70.2 Å². The number of aryl methyl sites for hydroxylation is 1. The summed E-state index contributed by atoms with van der Waals surface area (Å²) in [5, 5.41) is 7.44. The average molecular weight is 484 g/mol. The van der Waals surface area contributed by atoms with E-state index in [0.29, 0.717) is 46.9 Å². The molecule has 3 amide bonds. The summed E-state index contributed by atoms with van der Waals surface area (Å²) in [5.74, 6) is -0.912. The van der Waals surface area contributed by atoms with Crippen LogP contribution in [0.25, 0.3) is 11.3 Å². The number of sulfone groups is 1. The van der Waals surface area contributed by atoms with Crippen molar-refractivity contribution in [1.82, 2.24) is 14.7 Å². The maximum absolute atomic E-state index is 13.9. The van der Waals surface area contributed by atoms with E-state index >= 15 is 0 Å². The molecule has 0 bridgehead atoms. The van der Waals surface area contributed by atoms with Crippen LogP contribution in [0.3, 0.4) is 0 Å². The number of fused-ring (bicyclic) bond motifs is 2. The molecule has 2 aliphatic heterocycles. The van der Waals surface area contributed by atoms with Crippen LogP contribution in [0, 0.1) is 12.7 Å². The highest BCUT2D eigenvalue weighted by atomic mass is 32.2. The third-order valence-electron chi connectivity index (χ3n) is 6.17. The predicted octanol–water partition coefficient (Wildman–Crippen LogP) is 2.57. The van der Waals surface area contributed by atoms with Gasteiger partial charge in [-0.2, -0.15) is 5.10 Å². The van der Waals surface area contributed by atoms with Crippen molar-refractivity contribution in [2.45, 2.75) is 31.5 Å². The van der Waals surface area contributed by atoms with Gasteiger partial charge in [-0.05, 0) is 53.9 Å². The van der Waals surface area contributed by atoms with E-state index in [9.17, 15) is 22.4 Å². The summed E-state index contributed by atoms with van der Waals surface area (Å²) in [6.07, 6.45) is 0. The molecular weight excluding hydrogens is 461 g/mol. The molecular formula is C23H22FN5O4S. The zero-order valence-electron chi connectivity index (χ0n) is 18.3. The fraction of sp³-hybridized carbons (Fsp3) is 0.261. The van der Waals surface area contributed by atoms with Crippen LogP contribution in [0.1, 0.15) is 32.7 Å². The van der Waals surface area contributed by atoms with Crippen LogP contribution in [-0.4, -0.2) is 41.6 Å². The number of hydrogen-bond donors (Lipinski definition) is 2. The number of urea groups is 1. The number of anilines is 1. The molecule has 2 aromatic carbocycles. The van der Waals surface area contributed by atoms with Crippen molar-refractivity contribution >= 4 is 27.5 Å². The molecule has 0 saturated heterocycles. The van der Waals surface area contributed by atoms with E-state index in [1.54, 1.807) is 41.9 Å². The number of nitrogens with one attached hydrogen (secondary N) is 1. The minimum absolute atomic E-state index is 0.00943. The SMILES string of the molecule is Cc1cc(-c2nn3c(c2C(=O)Nc2ccc4c(c2)CS(=O)(=O)C4)CN(C(N)=O)CC3)ccc1F. The lowest BCUT2D eigenvalue weighted by Crippen LogP contribution is -2.42. The van der Waals surface area contributed by atoms with E-state index in [2.05, 4.69) is 10.4 Å².